The molecule has 0 bridgehead atoms. The Morgan fingerprint density at radius 3 is 1.85 bits per heavy atom. The van der Waals surface area contributed by atoms with Crippen molar-refractivity contribution in [2.45, 2.75) is 6.92 Å². The van der Waals surface area contributed by atoms with Gasteiger partial charge in [0.1, 0.15) is 0 Å². The minimum atomic E-state index is -3.99. The van der Waals surface area contributed by atoms with Crippen LogP contribution in [0.5, 0.6) is 0 Å². The zero-order valence-corrected chi connectivity index (χ0v) is 12.9. The van der Waals surface area contributed by atoms with Crippen molar-refractivity contribution in [1.82, 2.24) is 0 Å². The molecule has 0 amide bonds. The molecule has 0 fully saturated rings. The van der Waals surface area contributed by atoms with Crippen molar-refractivity contribution in [3.63, 3.8) is 0 Å². The molecule has 1 aromatic carbocycles. The van der Waals surface area contributed by atoms with Crippen LogP contribution in [0.4, 0.5) is 5.69 Å². The van der Waals surface area contributed by atoms with Gasteiger partial charge in [-0.15, -0.1) is 0 Å². The lowest BCUT2D eigenvalue weighted by Gasteiger charge is -2.19. The fourth-order valence-electron chi connectivity index (χ4n) is 1.56. The number of rotatable bonds is 5. The minimum absolute atomic E-state index is 0.0666. The van der Waals surface area contributed by atoms with Crippen LogP contribution in [0.3, 0.4) is 0 Å². The molecule has 0 unspecified atom stereocenters. The van der Waals surface area contributed by atoms with Gasteiger partial charge in [-0.3, -0.25) is 0 Å². The van der Waals surface area contributed by atoms with E-state index >= 15 is 0 Å². The molecule has 0 aliphatic rings. The first-order valence-corrected chi connectivity index (χ1v) is 9.24. The van der Waals surface area contributed by atoms with Crippen molar-refractivity contribution in [2.24, 2.45) is 0 Å². The Bertz CT molecular complexity index is 659. The normalized spacial score (nSPS) is 11.9. The van der Waals surface area contributed by atoms with Gasteiger partial charge in [0, 0.05) is 0 Å². The summed E-state index contributed by atoms with van der Waals surface area (Å²) in [4.78, 5) is 11.4. The Morgan fingerprint density at radius 1 is 1.05 bits per heavy atom. The summed E-state index contributed by atoms with van der Waals surface area (Å²) in [6.07, 6.45) is 1.57. The molecule has 0 aromatic heterocycles. The summed E-state index contributed by atoms with van der Waals surface area (Å²) in [6.45, 7) is 1.86. The lowest BCUT2D eigenvalue weighted by Crippen LogP contribution is -2.35. The summed E-state index contributed by atoms with van der Waals surface area (Å²) in [5, 5.41) is 0. The molecule has 0 aliphatic carbocycles. The molecule has 1 aromatic rings. The average Bonchev–Trinajstić information content (AvgIpc) is 2.26. The highest BCUT2D eigenvalue weighted by Crippen LogP contribution is 2.21. The molecule has 1 rings (SSSR count). The second-order valence-electron chi connectivity index (χ2n) is 3.99. The maximum atomic E-state index is 11.6. The predicted octanol–water partition coefficient (Wildman–Crippen LogP) is 0.589. The van der Waals surface area contributed by atoms with Gasteiger partial charge in [-0.25, -0.2) is 21.6 Å². The van der Waals surface area contributed by atoms with Gasteiger partial charge in [0.05, 0.1) is 30.4 Å². The van der Waals surface area contributed by atoms with E-state index in [-0.39, 0.29) is 17.9 Å². The van der Waals surface area contributed by atoms with Crippen LogP contribution in [-0.2, 0) is 24.8 Å². The Morgan fingerprint density at radius 2 is 1.50 bits per heavy atom. The molecular weight excluding hydrogens is 306 g/mol. The maximum absolute atomic E-state index is 11.6. The number of hydrogen-bond acceptors (Lipinski definition) is 6. The molecule has 9 heteroatoms. The number of hydrogen-bond donors (Lipinski definition) is 0. The van der Waals surface area contributed by atoms with E-state index in [0.717, 1.165) is 12.5 Å². The van der Waals surface area contributed by atoms with Gasteiger partial charge in [0.25, 0.3) is 0 Å². The van der Waals surface area contributed by atoms with Crippen LogP contribution >= 0.6 is 0 Å². The maximum Gasteiger partial charge on any atom is 0.338 e. The topological polar surface area (TPSA) is 97.8 Å². The van der Waals surface area contributed by atoms with Gasteiger partial charge < -0.3 is 4.74 Å². The molecule has 0 aliphatic heterocycles. The van der Waals surface area contributed by atoms with Gasteiger partial charge in [0.15, 0.2) is 0 Å². The molecule has 7 nitrogen and oxygen atoms in total. The fraction of sp³-hybridized carbons (Fsp3) is 0.364. The Hall–Kier alpha value is -1.61. The fourth-order valence-corrected chi connectivity index (χ4v) is 4.54. The van der Waals surface area contributed by atoms with E-state index in [1.54, 1.807) is 6.92 Å². The molecule has 0 heterocycles. The van der Waals surface area contributed by atoms with Crippen molar-refractivity contribution < 1.29 is 26.4 Å². The van der Waals surface area contributed by atoms with Gasteiger partial charge >= 0.3 is 5.97 Å². The molecule has 0 saturated heterocycles. The van der Waals surface area contributed by atoms with Crippen LogP contribution in [0.1, 0.15) is 17.3 Å². The number of anilines is 1. The largest absolute Gasteiger partial charge is 0.462 e. The SMILES string of the molecule is CCOC(=O)c1ccc(N(S(C)(=O)=O)S(C)(=O)=O)cc1. The summed E-state index contributed by atoms with van der Waals surface area (Å²) in [7, 11) is -7.98. The van der Waals surface area contributed by atoms with E-state index in [9.17, 15) is 21.6 Å². The average molecular weight is 321 g/mol. The number of carbonyl (C=O) groups excluding carboxylic acids is 1. The van der Waals surface area contributed by atoms with Crippen molar-refractivity contribution in [1.29, 1.82) is 0 Å². The zero-order chi connectivity index (χ0) is 15.6. The van der Waals surface area contributed by atoms with E-state index < -0.39 is 26.0 Å². The smallest absolute Gasteiger partial charge is 0.338 e. The molecule has 20 heavy (non-hydrogen) atoms. The van der Waals surface area contributed by atoms with Crippen molar-refractivity contribution >= 4 is 31.7 Å². The number of sulfonamides is 2. The minimum Gasteiger partial charge on any atom is -0.462 e. The standard InChI is InChI=1S/C11H15NO6S2/c1-4-18-11(13)9-5-7-10(8-6-9)12(19(2,14)15)20(3,16)17/h5-8H,4H2,1-3H3. The predicted molar refractivity (Wildman–Crippen MR) is 74.6 cm³/mol. The molecule has 112 valence electrons. The summed E-state index contributed by atoms with van der Waals surface area (Å²) in [5.41, 5.74) is 0.139. The Balaban J connectivity index is 3.23. The van der Waals surface area contributed by atoms with E-state index in [1.807, 2.05) is 0 Å². The zero-order valence-electron chi connectivity index (χ0n) is 11.2. The first kappa shape index (κ1) is 16.4. The number of carbonyl (C=O) groups is 1. The summed E-state index contributed by atoms with van der Waals surface area (Å²) >= 11 is 0. The lowest BCUT2D eigenvalue weighted by atomic mass is 10.2. The number of nitrogens with zero attached hydrogens (tertiary/aromatic N) is 1. The Kier molecular flexibility index (Phi) is 4.77. The number of benzene rings is 1. The number of ether oxygens (including phenoxy) is 1. The van der Waals surface area contributed by atoms with E-state index in [1.165, 1.54) is 24.3 Å². The van der Waals surface area contributed by atoms with E-state index in [2.05, 4.69) is 0 Å². The van der Waals surface area contributed by atoms with Crippen molar-refractivity contribution in [3.05, 3.63) is 29.8 Å². The molecule has 0 radical (unpaired) electrons. The van der Waals surface area contributed by atoms with Crippen molar-refractivity contribution in [3.8, 4) is 0 Å². The first-order chi connectivity index (χ1) is 9.07. The van der Waals surface area contributed by atoms with Crippen LogP contribution in [0.2, 0.25) is 0 Å². The van der Waals surface area contributed by atoms with Gasteiger partial charge in [-0.2, -0.15) is 3.71 Å². The van der Waals surface area contributed by atoms with Crippen LogP contribution in [0.25, 0.3) is 0 Å². The molecule has 0 spiro atoms. The first-order valence-electron chi connectivity index (χ1n) is 5.55. The number of esters is 1. The van der Waals surface area contributed by atoms with Crippen LogP contribution in [0, 0.1) is 0 Å². The van der Waals surface area contributed by atoms with Gasteiger partial charge in [0.2, 0.25) is 20.0 Å². The summed E-state index contributed by atoms with van der Waals surface area (Å²) < 4.78 is 51.3. The van der Waals surface area contributed by atoms with E-state index in [4.69, 9.17) is 4.74 Å². The lowest BCUT2D eigenvalue weighted by molar-refractivity contribution is 0.0526. The van der Waals surface area contributed by atoms with Crippen LogP contribution in [-0.4, -0.2) is 41.9 Å². The van der Waals surface area contributed by atoms with Crippen LogP contribution < -0.4 is 3.71 Å². The van der Waals surface area contributed by atoms with E-state index in [0.29, 0.717) is 3.71 Å². The highest BCUT2D eigenvalue weighted by atomic mass is 32.3. The third kappa shape index (κ3) is 3.94. The molecular formula is C11H15NO6S2. The third-order valence-corrected chi connectivity index (χ3v) is 5.44. The quantitative estimate of drug-likeness (QED) is 0.736. The second kappa shape index (κ2) is 5.80. The second-order valence-corrected chi connectivity index (χ2v) is 7.88. The summed E-state index contributed by atoms with van der Waals surface area (Å²) in [6, 6.07) is 5.07. The molecule has 0 atom stereocenters. The van der Waals surface area contributed by atoms with Crippen molar-refractivity contribution in [2.75, 3.05) is 22.8 Å². The highest BCUT2D eigenvalue weighted by Gasteiger charge is 2.27. The molecule has 0 saturated carbocycles. The third-order valence-electron chi connectivity index (χ3n) is 2.19. The molecule has 0 N–H and O–H groups in total. The van der Waals surface area contributed by atoms with Crippen LogP contribution in [0.15, 0.2) is 24.3 Å². The van der Waals surface area contributed by atoms with Gasteiger partial charge in [-0.1, -0.05) is 0 Å². The summed E-state index contributed by atoms with van der Waals surface area (Å²) in [5.74, 6) is -0.565. The monoisotopic (exact) mass is 321 g/mol. The Labute approximate surface area is 118 Å². The van der Waals surface area contributed by atoms with Gasteiger partial charge in [-0.05, 0) is 31.2 Å². The highest BCUT2D eigenvalue weighted by molar-refractivity contribution is 8.09.